The Morgan fingerprint density at radius 3 is 2.21 bits per heavy atom. The summed E-state index contributed by atoms with van der Waals surface area (Å²) < 4.78 is 1.39. The van der Waals surface area contributed by atoms with E-state index in [1.165, 1.54) is 9.58 Å². The predicted molar refractivity (Wildman–Crippen MR) is 69.1 cm³/mol. The van der Waals surface area contributed by atoms with E-state index in [9.17, 15) is 9.59 Å². The van der Waals surface area contributed by atoms with Gasteiger partial charge in [-0.2, -0.15) is 0 Å². The molecule has 0 bridgehead atoms. The third-order valence-corrected chi connectivity index (χ3v) is 2.77. The highest BCUT2D eigenvalue weighted by atomic mass is 16.4. The fourth-order valence-corrected chi connectivity index (χ4v) is 1.89. The summed E-state index contributed by atoms with van der Waals surface area (Å²) >= 11 is 0. The lowest BCUT2D eigenvalue weighted by Crippen LogP contribution is -2.33. The Morgan fingerprint density at radius 2 is 1.84 bits per heavy atom. The van der Waals surface area contributed by atoms with E-state index in [1.807, 2.05) is 20.8 Å². The number of carboxylic acids is 1. The van der Waals surface area contributed by atoms with Crippen molar-refractivity contribution in [1.29, 1.82) is 0 Å². The zero-order valence-electron chi connectivity index (χ0n) is 12.1. The molecule has 106 valence electrons. The standard InChI is InChI=1S/C12H20N4O3/c1-7(10(17)15(5)6)16-9(12(2,3)4)8(11(18)19)13-14-16/h7H,1-6H3,(H,18,19). The molecule has 0 aliphatic heterocycles. The van der Waals surface area contributed by atoms with Crippen LogP contribution in [0.3, 0.4) is 0 Å². The molecule has 0 saturated heterocycles. The highest BCUT2D eigenvalue weighted by molar-refractivity contribution is 5.87. The summed E-state index contributed by atoms with van der Waals surface area (Å²) in [5.74, 6) is -1.30. The van der Waals surface area contributed by atoms with Gasteiger partial charge in [0.25, 0.3) is 0 Å². The molecule has 0 spiro atoms. The minimum atomic E-state index is -1.14. The van der Waals surface area contributed by atoms with E-state index in [0.717, 1.165) is 0 Å². The summed E-state index contributed by atoms with van der Waals surface area (Å²) in [6.45, 7) is 7.27. The second-order valence-electron chi connectivity index (χ2n) is 5.70. The number of carbonyl (C=O) groups is 2. The minimum absolute atomic E-state index is 0.106. The van der Waals surface area contributed by atoms with Crippen LogP contribution >= 0.6 is 0 Å². The molecule has 1 unspecified atom stereocenters. The van der Waals surface area contributed by atoms with Gasteiger partial charge in [0, 0.05) is 19.5 Å². The van der Waals surface area contributed by atoms with Crippen LogP contribution in [0.15, 0.2) is 0 Å². The van der Waals surface area contributed by atoms with Crippen LogP contribution in [-0.4, -0.2) is 51.0 Å². The van der Waals surface area contributed by atoms with Crippen molar-refractivity contribution in [3.8, 4) is 0 Å². The van der Waals surface area contributed by atoms with Gasteiger partial charge in [-0.05, 0) is 6.92 Å². The Balaban J connectivity index is 3.38. The average molecular weight is 268 g/mol. The molecular formula is C12H20N4O3. The summed E-state index contributed by atoms with van der Waals surface area (Å²) in [7, 11) is 3.29. The van der Waals surface area contributed by atoms with Gasteiger partial charge in [0.15, 0.2) is 5.69 Å². The summed E-state index contributed by atoms with van der Waals surface area (Å²) in [5, 5.41) is 16.7. The molecule has 1 atom stereocenters. The molecule has 0 aliphatic carbocycles. The largest absolute Gasteiger partial charge is 0.476 e. The molecule has 1 amide bonds. The highest BCUT2D eigenvalue weighted by Crippen LogP contribution is 2.27. The van der Waals surface area contributed by atoms with Crippen molar-refractivity contribution in [1.82, 2.24) is 19.9 Å². The Hall–Kier alpha value is -1.92. The Morgan fingerprint density at radius 1 is 1.32 bits per heavy atom. The van der Waals surface area contributed by atoms with Crippen LogP contribution in [0.25, 0.3) is 0 Å². The third-order valence-electron chi connectivity index (χ3n) is 2.77. The van der Waals surface area contributed by atoms with E-state index in [1.54, 1.807) is 21.0 Å². The molecule has 0 aliphatic rings. The van der Waals surface area contributed by atoms with E-state index in [2.05, 4.69) is 10.3 Å². The SMILES string of the molecule is CC(C(=O)N(C)C)n1nnc(C(=O)O)c1C(C)(C)C. The number of amides is 1. The number of carboxylic acid groups (broad SMARTS) is 1. The van der Waals surface area contributed by atoms with E-state index in [4.69, 9.17) is 5.11 Å². The third kappa shape index (κ3) is 2.91. The van der Waals surface area contributed by atoms with Crippen LogP contribution in [0.5, 0.6) is 0 Å². The van der Waals surface area contributed by atoms with Gasteiger partial charge in [0.05, 0.1) is 5.69 Å². The molecule has 0 fully saturated rings. The van der Waals surface area contributed by atoms with Gasteiger partial charge in [0.2, 0.25) is 5.91 Å². The minimum Gasteiger partial charge on any atom is -0.476 e. The van der Waals surface area contributed by atoms with Crippen molar-refractivity contribution in [2.75, 3.05) is 14.1 Å². The zero-order valence-corrected chi connectivity index (χ0v) is 12.1. The zero-order chi connectivity index (χ0) is 15.0. The monoisotopic (exact) mass is 268 g/mol. The predicted octanol–water partition coefficient (Wildman–Crippen LogP) is 0.923. The summed E-state index contributed by atoms with van der Waals surface area (Å²) in [6.07, 6.45) is 0. The molecule has 1 heterocycles. The lowest BCUT2D eigenvalue weighted by Gasteiger charge is -2.24. The molecule has 19 heavy (non-hydrogen) atoms. The maximum Gasteiger partial charge on any atom is 0.358 e. The summed E-state index contributed by atoms with van der Waals surface area (Å²) in [4.78, 5) is 24.6. The Kier molecular flexibility index (Phi) is 3.97. The lowest BCUT2D eigenvalue weighted by molar-refractivity contribution is -0.132. The molecule has 1 aromatic heterocycles. The number of aromatic nitrogens is 3. The molecular weight excluding hydrogens is 248 g/mol. The molecule has 1 aromatic rings. The first-order chi connectivity index (χ1) is 8.57. The summed E-state index contributed by atoms with van der Waals surface area (Å²) in [5.41, 5.74) is -0.133. The van der Waals surface area contributed by atoms with Crippen molar-refractivity contribution in [2.24, 2.45) is 0 Å². The summed E-state index contributed by atoms with van der Waals surface area (Å²) in [6, 6.07) is -0.593. The number of carbonyl (C=O) groups excluding carboxylic acids is 1. The molecule has 0 aromatic carbocycles. The first-order valence-electron chi connectivity index (χ1n) is 5.97. The van der Waals surface area contributed by atoms with E-state index < -0.39 is 17.4 Å². The maximum absolute atomic E-state index is 12.0. The van der Waals surface area contributed by atoms with Crippen LogP contribution in [0.2, 0.25) is 0 Å². The average Bonchev–Trinajstić information content (AvgIpc) is 2.70. The van der Waals surface area contributed by atoms with Gasteiger partial charge in [0.1, 0.15) is 6.04 Å². The van der Waals surface area contributed by atoms with Crippen molar-refractivity contribution in [3.63, 3.8) is 0 Å². The van der Waals surface area contributed by atoms with Crippen molar-refractivity contribution < 1.29 is 14.7 Å². The van der Waals surface area contributed by atoms with Gasteiger partial charge in [-0.3, -0.25) is 4.79 Å². The lowest BCUT2D eigenvalue weighted by atomic mass is 9.90. The molecule has 0 radical (unpaired) electrons. The van der Waals surface area contributed by atoms with Crippen LogP contribution in [0, 0.1) is 0 Å². The van der Waals surface area contributed by atoms with Gasteiger partial charge in [-0.1, -0.05) is 26.0 Å². The van der Waals surface area contributed by atoms with Crippen LogP contribution < -0.4 is 0 Å². The molecule has 0 saturated carbocycles. The molecule has 1 rings (SSSR count). The van der Waals surface area contributed by atoms with Crippen molar-refractivity contribution >= 4 is 11.9 Å². The molecule has 7 nitrogen and oxygen atoms in total. The number of nitrogens with zero attached hydrogens (tertiary/aromatic N) is 4. The first kappa shape index (κ1) is 15.1. The number of rotatable bonds is 3. The number of likely N-dealkylation sites (N-methyl/N-ethyl adjacent to an activating group) is 1. The number of hydrogen-bond acceptors (Lipinski definition) is 4. The molecule has 7 heteroatoms. The van der Waals surface area contributed by atoms with Gasteiger partial charge < -0.3 is 10.0 Å². The van der Waals surface area contributed by atoms with Gasteiger partial charge in [-0.15, -0.1) is 5.10 Å². The van der Waals surface area contributed by atoms with Crippen LogP contribution in [0.1, 0.15) is 49.9 Å². The second-order valence-corrected chi connectivity index (χ2v) is 5.70. The molecule has 1 N–H and O–H groups in total. The second kappa shape index (κ2) is 4.99. The van der Waals surface area contributed by atoms with Crippen LogP contribution in [0.4, 0.5) is 0 Å². The first-order valence-corrected chi connectivity index (χ1v) is 5.97. The number of hydrogen-bond donors (Lipinski definition) is 1. The van der Waals surface area contributed by atoms with E-state index in [0.29, 0.717) is 5.69 Å². The quantitative estimate of drug-likeness (QED) is 0.880. The number of aromatic carboxylic acids is 1. The normalized spacial score (nSPS) is 13.2. The smallest absolute Gasteiger partial charge is 0.358 e. The van der Waals surface area contributed by atoms with Crippen molar-refractivity contribution in [2.45, 2.75) is 39.2 Å². The maximum atomic E-state index is 12.0. The van der Waals surface area contributed by atoms with E-state index >= 15 is 0 Å². The van der Waals surface area contributed by atoms with Gasteiger partial charge >= 0.3 is 5.97 Å². The van der Waals surface area contributed by atoms with Crippen molar-refractivity contribution in [3.05, 3.63) is 11.4 Å². The Labute approximate surface area is 112 Å². The fraction of sp³-hybridized carbons (Fsp3) is 0.667. The Bertz CT molecular complexity index is 500. The highest BCUT2D eigenvalue weighted by Gasteiger charge is 2.32. The van der Waals surface area contributed by atoms with Crippen LogP contribution in [-0.2, 0) is 10.2 Å². The van der Waals surface area contributed by atoms with E-state index in [-0.39, 0.29) is 11.6 Å². The fourth-order valence-electron chi connectivity index (χ4n) is 1.89. The van der Waals surface area contributed by atoms with Gasteiger partial charge in [-0.25, -0.2) is 9.48 Å². The topological polar surface area (TPSA) is 88.3 Å².